The minimum absolute atomic E-state index is 0.0891. The number of carbonyl (C=O) groups excluding carboxylic acids is 10. The smallest absolute Gasteiger partial charge is 0.340 e. The van der Waals surface area contributed by atoms with Crippen LogP contribution in [0.2, 0.25) is 0 Å². The summed E-state index contributed by atoms with van der Waals surface area (Å²) >= 11 is 0. The highest BCUT2D eigenvalue weighted by atomic mass is 16.7. The minimum atomic E-state index is -2.98. The SMILES string of the molecule is COC(=O)C[C@@H]1C(=O)CC[C@H](C)C(=O)O[C@H]2[C@H]3[C@@H](OC(C)=O)[C@@]45O[C@@]3(C)COC(=O)c3cccnc3[C@H](C)[C@@H](C)C(=O)O[C@@H]([C@H](OC(C)=O)[C@H](OC(C)=O)[C@@]4(COC1=O)[C@@H]2OC(C)=O)[C@]5(C)O. The lowest BCUT2D eigenvalue weighted by Crippen LogP contribution is -2.89. The molecule has 1 aromatic rings. The number of methoxy groups -OCH3 is 1. The van der Waals surface area contributed by atoms with Crippen molar-refractivity contribution in [3.8, 4) is 0 Å². The molecule has 0 unspecified atom stereocenters. The first kappa shape index (κ1) is 50.4. The van der Waals surface area contributed by atoms with Gasteiger partial charge in [-0.05, 0) is 32.4 Å². The van der Waals surface area contributed by atoms with E-state index in [2.05, 4.69) is 4.98 Å². The van der Waals surface area contributed by atoms with Crippen LogP contribution >= 0.6 is 0 Å². The fraction of sp³-hybridized carbons (Fsp3) is 0.667. The average molecular weight is 946 g/mol. The summed E-state index contributed by atoms with van der Waals surface area (Å²) in [7, 11) is 1.01. The lowest BCUT2D eigenvalue weighted by molar-refractivity contribution is -0.387. The second-order valence-corrected chi connectivity index (χ2v) is 18.2. The standard InChI is InChI=1S/C45H55NO21/c1-19-13-14-28(51)27(16-29(52)58-10)41(56)60-18-44-36(63-24(6)49)32(65-38(19)53)30-34(62-23(5)48)45(44)43(9,57)35(33(61-22(4)47)37(44)64-25(7)50)66-39(54)21(3)20(2)31-26(12-11-15-46-31)40(55)59-17-42(30,8)67-45/h11-12,15,19-21,27,30,32-37,57H,13-14,16-18H2,1-10H3/t19-,20+,21+,27+,30-,32-,33-,34+,35-,36+,37-,42-,43-,44+,45-/m0/s1. The molecule has 366 valence electrons. The van der Waals surface area contributed by atoms with Crippen LogP contribution in [0.5, 0.6) is 0 Å². The van der Waals surface area contributed by atoms with Crippen LogP contribution in [0, 0.1) is 29.1 Å². The van der Waals surface area contributed by atoms with Gasteiger partial charge in [-0.15, -0.1) is 0 Å². The van der Waals surface area contributed by atoms with Crippen molar-refractivity contribution in [2.24, 2.45) is 29.1 Å². The molecular weight excluding hydrogens is 890 g/mol. The van der Waals surface area contributed by atoms with Crippen molar-refractivity contribution in [3.05, 3.63) is 29.6 Å². The van der Waals surface area contributed by atoms with Gasteiger partial charge in [0.15, 0.2) is 30.0 Å². The van der Waals surface area contributed by atoms with Crippen molar-refractivity contribution in [1.29, 1.82) is 0 Å². The van der Waals surface area contributed by atoms with E-state index < -0.39 is 174 Å². The maximum Gasteiger partial charge on any atom is 0.340 e. The second kappa shape index (κ2) is 18.6. The van der Waals surface area contributed by atoms with Crippen molar-refractivity contribution < 1.29 is 100 Å². The fourth-order valence-corrected chi connectivity index (χ4v) is 10.6. The Morgan fingerprint density at radius 2 is 1.39 bits per heavy atom. The average Bonchev–Trinajstić information content (AvgIpc) is 3.47. The molecule has 6 rings (SSSR count). The molecule has 0 amide bonds. The Morgan fingerprint density at radius 1 is 0.776 bits per heavy atom. The van der Waals surface area contributed by atoms with Crippen molar-refractivity contribution in [2.45, 2.75) is 141 Å². The largest absolute Gasteiger partial charge is 0.469 e. The number of rotatable bonds is 6. The van der Waals surface area contributed by atoms with Crippen LogP contribution in [0.1, 0.15) is 104 Å². The number of aromatic nitrogens is 1. The number of nitrogens with zero attached hydrogens (tertiary/aromatic N) is 1. The summed E-state index contributed by atoms with van der Waals surface area (Å²) in [6.45, 7) is 8.31. The molecular formula is C45H55NO21. The number of hydrogen-bond donors (Lipinski definition) is 1. The number of pyridine rings is 1. The van der Waals surface area contributed by atoms with Crippen LogP contribution in [-0.2, 0) is 90.5 Å². The normalized spacial score (nSPS) is 38.6. The molecule has 15 atom stereocenters. The van der Waals surface area contributed by atoms with E-state index in [4.69, 9.17) is 47.4 Å². The topological polar surface area (TPSA) is 296 Å². The first-order valence-corrected chi connectivity index (χ1v) is 21.7. The number of hydrogen-bond acceptors (Lipinski definition) is 22. The highest BCUT2D eigenvalue weighted by molar-refractivity contribution is 6.01. The van der Waals surface area contributed by atoms with E-state index in [-0.39, 0.29) is 17.7 Å². The Bertz CT molecular complexity index is 2240. The summed E-state index contributed by atoms with van der Waals surface area (Å²) in [4.78, 5) is 143. The Labute approximate surface area is 384 Å². The summed E-state index contributed by atoms with van der Waals surface area (Å²) in [5, 5.41) is 13.7. The van der Waals surface area contributed by atoms with Crippen molar-refractivity contribution in [3.63, 3.8) is 0 Å². The molecule has 2 saturated heterocycles. The molecule has 0 aromatic carbocycles. The van der Waals surface area contributed by atoms with Crippen LogP contribution in [0.4, 0.5) is 0 Å². The van der Waals surface area contributed by atoms with Crippen LogP contribution in [-0.4, -0.2) is 143 Å². The van der Waals surface area contributed by atoms with Crippen LogP contribution in [0.25, 0.3) is 0 Å². The predicted octanol–water partition coefficient (Wildman–Crippen LogP) is 1.17. The highest BCUT2D eigenvalue weighted by Gasteiger charge is 2.92. The third-order valence-electron chi connectivity index (χ3n) is 13.8. The van der Waals surface area contributed by atoms with Gasteiger partial charge in [-0.2, -0.15) is 0 Å². The van der Waals surface area contributed by atoms with Crippen molar-refractivity contribution in [1.82, 2.24) is 4.98 Å². The van der Waals surface area contributed by atoms with Gasteiger partial charge < -0.3 is 52.5 Å². The van der Waals surface area contributed by atoms with E-state index in [1.807, 2.05) is 0 Å². The maximum absolute atomic E-state index is 14.6. The van der Waals surface area contributed by atoms with E-state index in [9.17, 15) is 53.1 Å². The van der Waals surface area contributed by atoms with Crippen LogP contribution in [0.15, 0.2) is 18.3 Å². The number of esters is 9. The summed E-state index contributed by atoms with van der Waals surface area (Å²) in [6, 6.07) is 2.84. The molecule has 5 aliphatic rings. The van der Waals surface area contributed by atoms with Crippen molar-refractivity contribution >= 4 is 59.5 Å². The van der Waals surface area contributed by atoms with Gasteiger partial charge in [-0.1, -0.05) is 20.8 Å². The highest BCUT2D eigenvalue weighted by Crippen LogP contribution is 2.70. The van der Waals surface area contributed by atoms with Crippen molar-refractivity contribution in [2.75, 3.05) is 20.3 Å². The van der Waals surface area contributed by atoms with Gasteiger partial charge in [0.25, 0.3) is 0 Å². The molecule has 4 fully saturated rings. The van der Waals surface area contributed by atoms with Crippen LogP contribution in [0.3, 0.4) is 0 Å². The van der Waals surface area contributed by atoms with Gasteiger partial charge in [-0.25, -0.2) is 4.79 Å². The van der Waals surface area contributed by atoms with Gasteiger partial charge in [-0.3, -0.25) is 48.1 Å². The molecule has 2 saturated carbocycles. The second-order valence-electron chi connectivity index (χ2n) is 18.2. The zero-order valence-electron chi connectivity index (χ0n) is 38.7. The first-order valence-electron chi connectivity index (χ1n) is 21.7. The molecule has 4 heterocycles. The van der Waals surface area contributed by atoms with E-state index >= 15 is 0 Å². The van der Waals surface area contributed by atoms with Gasteiger partial charge in [0.1, 0.15) is 53.7 Å². The molecule has 22 nitrogen and oxygen atoms in total. The lowest BCUT2D eigenvalue weighted by atomic mass is 9.45. The molecule has 1 aromatic heterocycles. The zero-order valence-corrected chi connectivity index (χ0v) is 38.7. The number of carbonyl (C=O) groups is 10. The Kier molecular flexibility index (Phi) is 14.0. The van der Waals surface area contributed by atoms with Gasteiger partial charge in [0.2, 0.25) is 0 Å². The molecule has 2 spiro atoms. The van der Waals surface area contributed by atoms with E-state index in [0.29, 0.717) is 0 Å². The lowest BCUT2D eigenvalue weighted by Gasteiger charge is -2.67. The Hall–Kier alpha value is -6.03. The van der Waals surface area contributed by atoms with E-state index in [0.717, 1.165) is 41.7 Å². The molecule has 22 heteroatoms. The number of cyclic esters (lactones) is 2. The number of ether oxygens (including phenoxy) is 10. The maximum atomic E-state index is 14.6. The summed E-state index contributed by atoms with van der Waals surface area (Å²) in [5.74, 6) is -17.9. The fourth-order valence-electron chi connectivity index (χ4n) is 10.6. The molecule has 0 radical (unpaired) electrons. The third kappa shape index (κ3) is 8.50. The first-order chi connectivity index (χ1) is 31.3. The van der Waals surface area contributed by atoms with E-state index in [1.54, 1.807) is 6.92 Å². The quantitative estimate of drug-likeness (QED) is 0.238. The summed E-state index contributed by atoms with van der Waals surface area (Å²) in [6.07, 6.45) is -13.2. The molecule has 3 aliphatic heterocycles. The Balaban J connectivity index is 1.81. The Morgan fingerprint density at radius 3 is 2.00 bits per heavy atom. The number of ketones is 1. The third-order valence-corrected chi connectivity index (χ3v) is 13.8. The summed E-state index contributed by atoms with van der Waals surface area (Å²) < 4.78 is 60.5. The molecule has 67 heavy (non-hydrogen) atoms. The number of fused-ring (bicyclic) bond motifs is 7. The summed E-state index contributed by atoms with van der Waals surface area (Å²) in [5.41, 5.74) is -11.0. The minimum Gasteiger partial charge on any atom is -0.469 e. The van der Waals surface area contributed by atoms with Crippen LogP contribution < -0.4 is 0 Å². The van der Waals surface area contributed by atoms with E-state index in [1.165, 1.54) is 39.1 Å². The number of aliphatic hydroxyl groups is 1. The monoisotopic (exact) mass is 945 g/mol. The zero-order chi connectivity index (χ0) is 49.7. The predicted molar refractivity (Wildman–Crippen MR) is 217 cm³/mol. The molecule has 1 N–H and O–H groups in total. The van der Waals surface area contributed by atoms with Gasteiger partial charge >= 0.3 is 53.7 Å². The number of Topliss-reactive ketones (excluding diaryl/α,β-unsaturated/α-hetero) is 1. The van der Waals surface area contributed by atoms with Gasteiger partial charge in [0.05, 0.1) is 42.5 Å². The molecule has 2 aliphatic carbocycles. The molecule has 6 bridgehead atoms. The van der Waals surface area contributed by atoms with Gasteiger partial charge in [0, 0.05) is 46.2 Å².